The van der Waals surface area contributed by atoms with Crippen LogP contribution in [-0.4, -0.2) is 15.0 Å². The minimum Gasteiger partial charge on any atom is -0.243 e. The second-order valence-corrected chi connectivity index (χ2v) is 4.49. The molecule has 0 radical (unpaired) electrons. The molecule has 0 unspecified atom stereocenters. The number of hydrogen-bond donors (Lipinski definition) is 0. The van der Waals surface area contributed by atoms with Crippen molar-refractivity contribution in [3.8, 4) is 6.07 Å². The SMILES string of the molecule is N#Cc1nnn(Cc2ccc(F)cc2)c1C1CC1. The molecule has 0 N–H and O–H groups in total. The maximum absolute atomic E-state index is 12.8. The van der Waals surface area contributed by atoms with Gasteiger partial charge in [-0.05, 0) is 30.5 Å². The molecule has 1 fully saturated rings. The molecule has 1 aliphatic carbocycles. The van der Waals surface area contributed by atoms with Gasteiger partial charge in [0.15, 0.2) is 5.69 Å². The zero-order valence-corrected chi connectivity index (χ0v) is 9.67. The van der Waals surface area contributed by atoms with Gasteiger partial charge in [0.25, 0.3) is 0 Å². The van der Waals surface area contributed by atoms with Crippen molar-refractivity contribution in [3.05, 3.63) is 47.0 Å². The maximum atomic E-state index is 12.8. The Balaban J connectivity index is 1.91. The molecule has 1 heterocycles. The van der Waals surface area contributed by atoms with Gasteiger partial charge in [0.1, 0.15) is 11.9 Å². The van der Waals surface area contributed by atoms with Crippen LogP contribution in [0.25, 0.3) is 0 Å². The number of benzene rings is 1. The van der Waals surface area contributed by atoms with Crippen LogP contribution in [0.2, 0.25) is 0 Å². The van der Waals surface area contributed by atoms with Crippen molar-refractivity contribution in [1.29, 1.82) is 5.26 Å². The number of aromatic nitrogens is 3. The van der Waals surface area contributed by atoms with E-state index in [9.17, 15) is 4.39 Å². The van der Waals surface area contributed by atoms with Gasteiger partial charge in [-0.2, -0.15) is 5.26 Å². The Labute approximate surface area is 104 Å². The van der Waals surface area contributed by atoms with Gasteiger partial charge in [-0.15, -0.1) is 5.10 Å². The molecule has 1 aromatic carbocycles. The zero-order valence-electron chi connectivity index (χ0n) is 9.67. The molecule has 0 spiro atoms. The van der Waals surface area contributed by atoms with E-state index >= 15 is 0 Å². The summed E-state index contributed by atoms with van der Waals surface area (Å²) in [7, 11) is 0. The lowest BCUT2D eigenvalue weighted by atomic mass is 10.2. The summed E-state index contributed by atoms with van der Waals surface area (Å²) in [5.74, 6) is 0.160. The third kappa shape index (κ3) is 1.97. The first-order valence-corrected chi connectivity index (χ1v) is 5.86. The van der Waals surface area contributed by atoms with Gasteiger partial charge >= 0.3 is 0 Å². The van der Waals surface area contributed by atoms with Crippen molar-refractivity contribution < 1.29 is 4.39 Å². The molecule has 90 valence electrons. The third-order valence-electron chi connectivity index (χ3n) is 3.09. The van der Waals surface area contributed by atoms with Crippen LogP contribution in [0.15, 0.2) is 24.3 Å². The summed E-state index contributed by atoms with van der Waals surface area (Å²) in [4.78, 5) is 0. The van der Waals surface area contributed by atoms with Gasteiger partial charge in [-0.25, -0.2) is 9.07 Å². The third-order valence-corrected chi connectivity index (χ3v) is 3.09. The Morgan fingerprint density at radius 1 is 1.33 bits per heavy atom. The maximum Gasteiger partial charge on any atom is 0.186 e. The van der Waals surface area contributed by atoms with Crippen LogP contribution in [0.3, 0.4) is 0 Å². The number of rotatable bonds is 3. The Hall–Kier alpha value is -2.22. The van der Waals surface area contributed by atoms with Crippen molar-refractivity contribution in [2.75, 3.05) is 0 Å². The molecule has 1 aliphatic rings. The molecule has 5 heteroatoms. The van der Waals surface area contributed by atoms with Gasteiger partial charge in [-0.3, -0.25) is 0 Å². The Kier molecular flexibility index (Phi) is 2.56. The molecule has 1 saturated carbocycles. The van der Waals surface area contributed by atoms with Crippen LogP contribution in [0.1, 0.15) is 35.7 Å². The van der Waals surface area contributed by atoms with E-state index in [1.165, 1.54) is 12.1 Å². The Morgan fingerprint density at radius 2 is 2.06 bits per heavy atom. The summed E-state index contributed by atoms with van der Waals surface area (Å²) in [5, 5.41) is 16.9. The number of hydrogen-bond acceptors (Lipinski definition) is 3. The second-order valence-electron chi connectivity index (χ2n) is 4.49. The van der Waals surface area contributed by atoms with Crippen LogP contribution in [-0.2, 0) is 6.54 Å². The van der Waals surface area contributed by atoms with Crippen molar-refractivity contribution in [3.63, 3.8) is 0 Å². The first-order valence-electron chi connectivity index (χ1n) is 5.86. The summed E-state index contributed by atoms with van der Waals surface area (Å²) in [6.07, 6.45) is 2.18. The van der Waals surface area contributed by atoms with E-state index in [0.717, 1.165) is 24.1 Å². The van der Waals surface area contributed by atoms with Crippen molar-refractivity contribution >= 4 is 0 Å². The largest absolute Gasteiger partial charge is 0.243 e. The summed E-state index contributed by atoms with van der Waals surface area (Å²) >= 11 is 0. The summed E-state index contributed by atoms with van der Waals surface area (Å²) in [6.45, 7) is 0.529. The van der Waals surface area contributed by atoms with Gasteiger partial charge in [-0.1, -0.05) is 17.3 Å². The normalized spacial score (nSPS) is 14.4. The highest BCUT2D eigenvalue weighted by atomic mass is 19.1. The predicted molar refractivity (Wildman–Crippen MR) is 62.2 cm³/mol. The molecule has 0 atom stereocenters. The van der Waals surface area contributed by atoms with Crippen LogP contribution in [0.5, 0.6) is 0 Å². The molecule has 0 bridgehead atoms. The fraction of sp³-hybridized carbons (Fsp3) is 0.308. The Morgan fingerprint density at radius 3 is 2.67 bits per heavy atom. The van der Waals surface area contributed by atoms with E-state index < -0.39 is 0 Å². The highest BCUT2D eigenvalue weighted by Gasteiger charge is 2.31. The number of nitriles is 1. The van der Waals surface area contributed by atoms with Crippen LogP contribution < -0.4 is 0 Å². The van der Waals surface area contributed by atoms with Gasteiger partial charge in [0, 0.05) is 5.92 Å². The lowest BCUT2D eigenvalue weighted by Gasteiger charge is -2.05. The second kappa shape index (κ2) is 4.22. The molecule has 3 rings (SSSR count). The average molecular weight is 242 g/mol. The molecule has 0 aliphatic heterocycles. The quantitative estimate of drug-likeness (QED) is 0.829. The lowest BCUT2D eigenvalue weighted by Crippen LogP contribution is -2.06. The molecular formula is C13H11FN4. The van der Waals surface area contributed by atoms with E-state index in [0.29, 0.717) is 18.2 Å². The van der Waals surface area contributed by atoms with Gasteiger partial charge < -0.3 is 0 Å². The predicted octanol–water partition coefficient (Wildman–Crippen LogP) is 2.21. The number of halogens is 1. The molecule has 2 aromatic rings. The topological polar surface area (TPSA) is 54.5 Å². The first-order chi connectivity index (χ1) is 8.78. The zero-order chi connectivity index (χ0) is 12.5. The lowest BCUT2D eigenvalue weighted by molar-refractivity contribution is 0.610. The van der Waals surface area contributed by atoms with E-state index in [-0.39, 0.29) is 5.82 Å². The highest BCUT2D eigenvalue weighted by molar-refractivity contribution is 5.31. The van der Waals surface area contributed by atoms with Crippen LogP contribution >= 0.6 is 0 Å². The summed E-state index contributed by atoms with van der Waals surface area (Å²) in [6, 6.07) is 8.37. The average Bonchev–Trinajstić information content (AvgIpc) is 3.14. The van der Waals surface area contributed by atoms with Gasteiger partial charge in [0.2, 0.25) is 0 Å². The molecule has 0 saturated heterocycles. The molecule has 18 heavy (non-hydrogen) atoms. The fourth-order valence-corrected chi connectivity index (χ4v) is 2.04. The summed E-state index contributed by atoms with van der Waals surface area (Å²) < 4.78 is 14.6. The minimum absolute atomic E-state index is 0.252. The standard InChI is InChI=1S/C13H11FN4/c14-11-5-1-9(2-6-11)8-18-13(10-3-4-10)12(7-15)16-17-18/h1-2,5-6,10H,3-4,8H2. The smallest absolute Gasteiger partial charge is 0.186 e. The van der Waals surface area contributed by atoms with Gasteiger partial charge in [0.05, 0.1) is 12.2 Å². The fourth-order valence-electron chi connectivity index (χ4n) is 2.04. The molecule has 1 aromatic heterocycles. The van der Waals surface area contributed by atoms with Crippen molar-refractivity contribution in [2.45, 2.75) is 25.3 Å². The van der Waals surface area contributed by atoms with E-state index in [4.69, 9.17) is 5.26 Å². The van der Waals surface area contributed by atoms with E-state index in [1.54, 1.807) is 16.8 Å². The Bertz CT molecular complexity index is 605. The van der Waals surface area contributed by atoms with Crippen molar-refractivity contribution in [2.24, 2.45) is 0 Å². The van der Waals surface area contributed by atoms with E-state index in [2.05, 4.69) is 16.4 Å². The van der Waals surface area contributed by atoms with Crippen LogP contribution in [0.4, 0.5) is 4.39 Å². The highest BCUT2D eigenvalue weighted by Crippen LogP contribution is 2.41. The minimum atomic E-state index is -0.252. The van der Waals surface area contributed by atoms with E-state index in [1.807, 2.05) is 0 Å². The molecular weight excluding hydrogens is 231 g/mol. The first kappa shape index (κ1) is 10.9. The summed E-state index contributed by atoms with van der Waals surface area (Å²) in [5.41, 5.74) is 2.29. The van der Waals surface area contributed by atoms with Crippen LogP contribution in [0, 0.1) is 17.1 Å². The van der Waals surface area contributed by atoms with Crippen molar-refractivity contribution in [1.82, 2.24) is 15.0 Å². The molecule has 0 amide bonds. The number of nitrogens with zero attached hydrogens (tertiary/aromatic N) is 4. The molecule has 4 nitrogen and oxygen atoms in total. The monoisotopic (exact) mass is 242 g/mol.